The number of halogens is 2. The number of pyridine rings is 2. The predicted molar refractivity (Wildman–Crippen MR) is 155 cm³/mol. The Morgan fingerprint density at radius 1 is 1.26 bits per heavy atom. The van der Waals surface area contributed by atoms with Gasteiger partial charge in [-0.05, 0) is 57.2 Å². The maximum Gasteiger partial charge on any atom is 0.414 e. The van der Waals surface area contributed by atoms with Crippen LogP contribution in [0.25, 0.3) is 21.9 Å². The van der Waals surface area contributed by atoms with E-state index in [1.165, 1.54) is 17.3 Å². The van der Waals surface area contributed by atoms with Crippen LogP contribution in [-0.4, -0.2) is 54.1 Å². The van der Waals surface area contributed by atoms with Crippen LogP contribution in [0.5, 0.6) is 0 Å². The lowest BCUT2D eigenvalue weighted by molar-refractivity contribution is 0.0573. The van der Waals surface area contributed by atoms with Crippen LogP contribution in [0, 0.1) is 35.9 Å². The van der Waals surface area contributed by atoms with Crippen molar-refractivity contribution < 1.29 is 28.2 Å². The smallest absolute Gasteiger partial charge is 0.414 e. The first-order valence-corrected chi connectivity index (χ1v) is 14.0. The summed E-state index contributed by atoms with van der Waals surface area (Å²) < 4.78 is 32.0. The van der Waals surface area contributed by atoms with Crippen molar-refractivity contribution in [1.82, 2.24) is 9.97 Å². The van der Waals surface area contributed by atoms with Gasteiger partial charge in [0.1, 0.15) is 17.2 Å². The molecule has 220 valence electrons. The van der Waals surface area contributed by atoms with Crippen molar-refractivity contribution >= 4 is 46.1 Å². The molecule has 2 aromatic heterocycles. The fraction of sp³-hybridized carbons (Fsp3) is 0.433. The van der Waals surface area contributed by atoms with Crippen LogP contribution in [0.1, 0.15) is 38.4 Å². The predicted octanol–water partition coefficient (Wildman–Crippen LogP) is 6.42. The molecule has 1 unspecified atom stereocenters. The van der Waals surface area contributed by atoms with Gasteiger partial charge in [0, 0.05) is 54.4 Å². The zero-order valence-electron chi connectivity index (χ0n) is 23.8. The summed E-state index contributed by atoms with van der Waals surface area (Å²) in [7, 11) is 0. The topological polar surface area (TPSA) is 127 Å². The number of nitrogens with zero attached hydrogens (tertiary/aromatic N) is 4. The SMILES string of the molecule is Cc1c(-c2cc3cc(NC(=O)OC[C@@H]4CCOC4)ncc3c(Cl)c2F)cnc2c1N(C(=O)OC(C)(C)C)CC(C#N)C2. The maximum atomic E-state index is 15.7. The number of aromatic nitrogens is 2. The first-order valence-electron chi connectivity index (χ1n) is 13.6. The van der Waals surface area contributed by atoms with Crippen LogP contribution < -0.4 is 10.2 Å². The second-order valence-electron chi connectivity index (χ2n) is 11.5. The minimum absolute atomic E-state index is 0.121. The minimum atomic E-state index is -0.759. The molecule has 0 bridgehead atoms. The van der Waals surface area contributed by atoms with Gasteiger partial charge in [0.15, 0.2) is 0 Å². The Balaban J connectivity index is 1.50. The highest BCUT2D eigenvalue weighted by molar-refractivity contribution is 6.36. The van der Waals surface area contributed by atoms with Gasteiger partial charge in [-0.25, -0.2) is 19.0 Å². The van der Waals surface area contributed by atoms with E-state index in [4.69, 9.17) is 25.8 Å². The molecule has 2 aliphatic heterocycles. The zero-order chi connectivity index (χ0) is 30.2. The molecule has 42 heavy (non-hydrogen) atoms. The lowest BCUT2D eigenvalue weighted by Crippen LogP contribution is -2.43. The van der Waals surface area contributed by atoms with E-state index in [0.29, 0.717) is 52.9 Å². The van der Waals surface area contributed by atoms with Crippen LogP contribution >= 0.6 is 11.6 Å². The molecule has 1 saturated heterocycles. The van der Waals surface area contributed by atoms with E-state index >= 15 is 4.39 Å². The molecule has 10 nitrogen and oxygen atoms in total. The minimum Gasteiger partial charge on any atom is -0.449 e. The molecule has 0 spiro atoms. The molecule has 12 heteroatoms. The Kier molecular flexibility index (Phi) is 8.21. The first-order chi connectivity index (χ1) is 19.9. The van der Waals surface area contributed by atoms with Gasteiger partial charge in [0.2, 0.25) is 0 Å². The number of nitriles is 1. The summed E-state index contributed by atoms with van der Waals surface area (Å²) in [4.78, 5) is 35.7. The molecular weight excluding hydrogens is 565 g/mol. The third kappa shape index (κ3) is 6.10. The fourth-order valence-electron chi connectivity index (χ4n) is 5.14. The van der Waals surface area contributed by atoms with Crippen molar-refractivity contribution in [2.75, 3.05) is 36.6 Å². The summed E-state index contributed by atoms with van der Waals surface area (Å²) in [6, 6.07) is 5.39. The van der Waals surface area contributed by atoms with Crippen LogP contribution in [0.2, 0.25) is 5.02 Å². The number of carbonyl (C=O) groups is 2. The van der Waals surface area contributed by atoms with E-state index in [-0.39, 0.29) is 35.5 Å². The Morgan fingerprint density at radius 2 is 2.05 bits per heavy atom. The zero-order valence-corrected chi connectivity index (χ0v) is 24.5. The standard InChI is InChI=1S/C30H31ClFN5O5/c1-16-21(11-34-23-7-18(10-33)13-37(27(16)23)29(39)42-30(2,3)4)20-8-19-9-24(35-12-22(19)25(31)26(20)32)36-28(38)41-15-17-5-6-40-14-17/h8-9,11-12,17-18H,5-7,13-15H2,1-4H3,(H,35,36,38)/t17-,18?/m1/s1. The molecule has 1 fully saturated rings. The lowest BCUT2D eigenvalue weighted by Gasteiger charge is -2.34. The molecule has 2 atom stereocenters. The highest BCUT2D eigenvalue weighted by Gasteiger charge is 2.35. The molecule has 4 heterocycles. The van der Waals surface area contributed by atoms with Gasteiger partial charge in [0.05, 0.1) is 41.6 Å². The number of ether oxygens (including phenoxy) is 3. The van der Waals surface area contributed by atoms with Crippen molar-refractivity contribution in [2.45, 2.75) is 46.1 Å². The molecule has 2 amide bonds. The number of hydrogen-bond donors (Lipinski definition) is 1. The second kappa shape index (κ2) is 11.7. The number of rotatable bonds is 4. The molecule has 0 radical (unpaired) electrons. The quantitative estimate of drug-likeness (QED) is 0.366. The van der Waals surface area contributed by atoms with Crippen molar-refractivity contribution in [1.29, 1.82) is 5.26 Å². The number of anilines is 2. The molecule has 2 aliphatic rings. The molecule has 1 N–H and O–H groups in total. The maximum absolute atomic E-state index is 15.7. The average Bonchev–Trinajstić information content (AvgIpc) is 3.46. The van der Waals surface area contributed by atoms with Gasteiger partial charge in [0.25, 0.3) is 0 Å². The average molecular weight is 596 g/mol. The molecule has 3 aromatic rings. The third-order valence-corrected chi connectivity index (χ3v) is 7.56. The van der Waals surface area contributed by atoms with Gasteiger partial charge in [-0.2, -0.15) is 5.26 Å². The molecular formula is C30H31ClFN5O5. The van der Waals surface area contributed by atoms with Gasteiger partial charge in [-0.15, -0.1) is 0 Å². The number of hydrogen-bond acceptors (Lipinski definition) is 8. The number of benzene rings is 1. The van der Waals surface area contributed by atoms with E-state index in [9.17, 15) is 14.9 Å². The van der Waals surface area contributed by atoms with Crippen LogP contribution in [0.4, 0.5) is 25.5 Å². The van der Waals surface area contributed by atoms with Crippen molar-refractivity contribution in [3.05, 3.63) is 46.6 Å². The Morgan fingerprint density at radius 3 is 2.74 bits per heavy atom. The summed E-state index contributed by atoms with van der Waals surface area (Å²) in [6.45, 7) is 8.61. The summed E-state index contributed by atoms with van der Waals surface area (Å²) in [5.74, 6) is -0.770. The first kappa shape index (κ1) is 29.5. The van der Waals surface area contributed by atoms with E-state index in [1.54, 1.807) is 39.8 Å². The lowest BCUT2D eigenvalue weighted by atomic mass is 9.91. The summed E-state index contributed by atoms with van der Waals surface area (Å²) >= 11 is 6.47. The second-order valence-corrected chi connectivity index (χ2v) is 11.9. The van der Waals surface area contributed by atoms with Crippen molar-refractivity contribution in [3.63, 3.8) is 0 Å². The molecule has 5 rings (SSSR count). The number of fused-ring (bicyclic) bond motifs is 2. The summed E-state index contributed by atoms with van der Waals surface area (Å²) in [5, 5.41) is 13.0. The number of amides is 2. The van der Waals surface area contributed by atoms with Crippen LogP contribution in [-0.2, 0) is 20.6 Å². The van der Waals surface area contributed by atoms with E-state index < -0.39 is 29.5 Å². The van der Waals surface area contributed by atoms with Gasteiger partial charge in [-0.3, -0.25) is 15.2 Å². The van der Waals surface area contributed by atoms with Gasteiger partial charge >= 0.3 is 12.2 Å². The van der Waals surface area contributed by atoms with E-state index in [0.717, 1.165) is 6.42 Å². The van der Waals surface area contributed by atoms with Crippen LogP contribution in [0.15, 0.2) is 24.5 Å². The largest absolute Gasteiger partial charge is 0.449 e. The van der Waals surface area contributed by atoms with Gasteiger partial charge in [-0.1, -0.05) is 11.6 Å². The summed E-state index contributed by atoms with van der Waals surface area (Å²) in [6.07, 6.45) is 2.81. The monoisotopic (exact) mass is 595 g/mol. The fourth-order valence-corrected chi connectivity index (χ4v) is 5.40. The molecule has 0 saturated carbocycles. The normalized spacial score (nSPS) is 18.4. The Bertz CT molecular complexity index is 1600. The molecule has 0 aliphatic carbocycles. The van der Waals surface area contributed by atoms with Crippen molar-refractivity contribution in [3.8, 4) is 17.2 Å². The highest BCUT2D eigenvalue weighted by atomic mass is 35.5. The third-order valence-electron chi connectivity index (χ3n) is 7.19. The Labute approximate surface area is 247 Å². The van der Waals surface area contributed by atoms with Crippen LogP contribution in [0.3, 0.4) is 0 Å². The number of carbonyl (C=O) groups excluding carboxylic acids is 2. The Hall–Kier alpha value is -4.01. The number of nitrogens with one attached hydrogen (secondary N) is 1. The van der Waals surface area contributed by atoms with E-state index in [2.05, 4.69) is 21.4 Å². The molecule has 1 aromatic carbocycles. The van der Waals surface area contributed by atoms with Gasteiger partial charge < -0.3 is 14.2 Å². The van der Waals surface area contributed by atoms with Crippen molar-refractivity contribution in [2.24, 2.45) is 11.8 Å². The highest BCUT2D eigenvalue weighted by Crippen LogP contribution is 2.41. The summed E-state index contributed by atoms with van der Waals surface area (Å²) in [5.41, 5.74) is 1.44. The van der Waals surface area contributed by atoms with E-state index in [1.807, 2.05) is 0 Å².